The summed E-state index contributed by atoms with van der Waals surface area (Å²) >= 11 is 0. The molecule has 0 bridgehead atoms. The number of hydrogen-bond donors (Lipinski definition) is 2. The largest absolute Gasteiger partial charge is 0.397 e. The van der Waals surface area contributed by atoms with E-state index in [-0.39, 0.29) is 0 Å². The summed E-state index contributed by atoms with van der Waals surface area (Å²) in [5, 5.41) is 12.1. The van der Waals surface area contributed by atoms with E-state index in [0.717, 1.165) is 22.3 Å². The summed E-state index contributed by atoms with van der Waals surface area (Å²) in [6.45, 7) is 0.587. The molecule has 19 heavy (non-hydrogen) atoms. The Morgan fingerprint density at radius 3 is 2.79 bits per heavy atom. The predicted octanol–water partition coefficient (Wildman–Crippen LogP) is 2.22. The number of benzene rings is 1. The second-order valence-corrected chi connectivity index (χ2v) is 4.17. The van der Waals surface area contributed by atoms with Crippen molar-refractivity contribution in [3.63, 3.8) is 0 Å². The van der Waals surface area contributed by atoms with Gasteiger partial charge in [0.05, 0.1) is 29.1 Å². The molecule has 3 N–H and O–H groups in total. The lowest BCUT2D eigenvalue weighted by Crippen LogP contribution is -2.05. The quantitative estimate of drug-likeness (QED) is 0.698. The maximum absolute atomic E-state index is 6.14. The zero-order valence-corrected chi connectivity index (χ0v) is 10.2. The molecule has 0 unspecified atom stereocenters. The van der Waals surface area contributed by atoms with Gasteiger partial charge in [0.1, 0.15) is 0 Å². The number of pyridine rings is 1. The van der Waals surface area contributed by atoms with E-state index in [4.69, 9.17) is 5.73 Å². The minimum absolute atomic E-state index is 0.587. The molecule has 0 amide bonds. The summed E-state index contributed by atoms with van der Waals surface area (Å²) in [6, 6.07) is 11.5. The van der Waals surface area contributed by atoms with Crippen LogP contribution < -0.4 is 11.1 Å². The van der Waals surface area contributed by atoms with Gasteiger partial charge in [-0.3, -0.25) is 4.98 Å². The second-order valence-electron chi connectivity index (χ2n) is 4.17. The normalized spacial score (nSPS) is 10.5. The molecule has 0 fully saturated rings. The number of nitrogens with one attached hydrogen (secondary N) is 1. The molecule has 94 valence electrons. The van der Waals surface area contributed by atoms with Crippen LogP contribution in [0.4, 0.5) is 11.4 Å². The van der Waals surface area contributed by atoms with Gasteiger partial charge in [0.2, 0.25) is 0 Å². The highest BCUT2D eigenvalue weighted by Gasteiger charge is 2.04. The molecule has 5 nitrogen and oxygen atoms in total. The topological polar surface area (TPSA) is 76.7 Å². The number of hydrogen-bond acceptors (Lipinski definition) is 5. The summed E-state index contributed by atoms with van der Waals surface area (Å²) < 4.78 is 0. The van der Waals surface area contributed by atoms with Crippen molar-refractivity contribution in [1.29, 1.82) is 0 Å². The van der Waals surface area contributed by atoms with Crippen LogP contribution in [0.2, 0.25) is 0 Å². The second kappa shape index (κ2) is 4.89. The van der Waals surface area contributed by atoms with Gasteiger partial charge in [-0.2, -0.15) is 10.2 Å². The third kappa shape index (κ3) is 2.30. The van der Waals surface area contributed by atoms with Crippen molar-refractivity contribution >= 4 is 22.3 Å². The summed E-state index contributed by atoms with van der Waals surface area (Å²) in [7, 11) is 0. The lowest BCUT2D eigenvalue weighted by atomic mass is 10.1. The fraction of sp³-hybridized carbons (Fsp3) is 0.0714. The van der Waals surface area contributed by atoms with Gasteiger partial charge in [-0.25, -0.2) is 0 Å². The number of nitrogen functional groups attached to an aromatic ring is 1. The molecule has 2 heterocycles. The number of nitrogens with two attached hydrogens (primary N) is 1. The molecule has 0 aliphatic heterocycles. The fourth-order valence-electron chi connectivity index (χ4n) is 1.94. The molecule has 2 aromatic heterocycles. The van der Waals surface area contributed by atoms with Crippen LogP contribution in [0.1, 0.15) is 5.69 Å². The average molecular weight is 251 g/mol. The molecule has 0 aliphatic rings. The maximum atomic E-state index is 6.14. The molecule has 0 saturated carbocycles. The smallest absolute Gasteiger partial charge is 0.0821 e. The van der Waals surface area contributed by atoms with Gasteiger partial charge in [0.15, 0.2) is 0 Å². The molecule has 1 aromatic carbocycles. The van der Waals surface area contributed by atoms with E-state index in [0.29, 0.717) is 12.2 Å². The van der Waals surface area contributed by atoms with Crippen LogP contribution in [0.5, 0.6) is 0 Å². The molecule has 0 aliphatic carbocycles. The van der Waals surface area contributed by atoms with Crippen molar-refractivity contribution in [2.45, 2.75) is 6.54 Å². The van der Waals surface area contributed by atoms with Crippen molar-refractivity contribution in [3.8, 4) is 0 Å². The summed E-state index contributed by atoms with van der Waals surface area (Å²) in [6.07, 6.45) is 3.41. The van der Waals surface area contributed by atoms with Gasteiger partial charge in [-0.15, -0.1) is 0 Å². The van der Waals surface area contributed by atoms with Crippen molar-refractivity contribution in [3.05, 3.63) is 54.5 Å². The highest BCUT2D eigenvalue weighted by atomic mass is 15.1. The third-order valence-corrected chi connectivity index (χ3v) is 2.91. The SMILES string of the molecule is Nc1c(NCc2cccnn2)ccc2ncccc12. The summed E-state index contributed by atoms with van der Waals surface area (Å²) in [5.74, 6) is 0. The number of aromatic nitrogens is 3. The van der Waals surface area contributed by atoms with Gasteiger partial charge in [-0.1, -0.05) is 0 Å². The van der Waals surface area contributed by atoms with Crippen LogP contribution in [0.15, 0.2) is 48.8 Å². The number of anilines is 2. The van der Waals surface area contributed by atoms with Crippen LogP contribution in [0.25, 0.3) is 10.9 Å². The molecule has 3 rings (SSSR count). The van der Waals surface area contributed by atoms with Crippen LogP contribution in [-0.4, -0.2) is 15.2 Å². The lowest BCUT2D eigenvalue weighted by Gasteiger charge is -2.10. The highest BCUT2D eigenvalue weighted by molar-refractivity contribution is 5.96. The van der Waals surface area contributed by atoms with Gasteiger partial charge in [0, 0.05) is 17.8 Å². The number of nitrogens with zero attached hydrogens (tertiary/aromatic N) is 3. The van der Waals surface area contributed by atoms with Crippen molar-refractivity contribution in [1.82, 2.24) is 15.2 Å². The molecule has 5 heteroatoms. The fourth-order valence-corrected chi connectivity index (χ4v) is 1.94. The Morgan fingerprint density at radius 1 is 1.05 bits per heavy atom. The van der Waals surface area contributed by atoms with Crippen molar-refractivity contribution in [2.75, 3.05) is 11.1 Å². The van der Waals surface area contributed by atoms with Crippen LogP contribution >= 0.6 is 0 Å². The summed E-state index contributed by atoms with van der Waals surface area (Å²) in [5.41, 5.74) is 9.49. The van der Waals surface area contributed by atoms with E-state index >= 15 is 0 Å². The zero-order valence-electron chi connectivity index (χ0n) is 10.2. The first-order valence-electron chi connectivity index (χ1n) is 5.98. The van der Waals surface area contributed by atoms with Crippen LogP contribution in [0, 0.1) is 0 Å². The third-order valence-electron chi connectivity index (χ3n) is 2.91. The zero-order chi connectivity index (χ0) is 13.1. The number of rotatable bonds is 3. The Bertz CT molecular complexity index is 697. The maximum Gasteiger partial charge on any atom is 0.0821 e. The van der Waals surface area contributed by atoms with Crippen molar-refractivity contribution < 1.29 is 0 Å². The minimum atomic E-state index is 0.587. The van der Waals surface area contributed by atoms with Gasteiger partial charge < -0.3 is 11.1 Å². The van der Waals surface area contributed by atoms with E-state index in [1.807, 2.05) is 36.4 Å². The van der Waals surface area contributed by atoms with Gasteiger partial charge in [0.25, 0.3) is 0 Å². The van der Waals surface area contributed by atoms with E-state index in [2.05, 4.69) is 20.5 Å². The average Bonchev–Trinajstić information content (AvgIpc) is 2.48. The molecular formula is C14H13N5. The molecule has 0 radical (unpaired) electrons. The Labute approximate surface area is 110 Å². The molecule has 3 aromatic rings. The summed E-state index contributed by atoms with van der Waals surface area (Å²) in [4.78, 5) is 4.27. The van der Waals surface area contributed by atoms with Crippen molar-refractivity contribution in [2.24, 2.45) is 0 Å². The first kappa shape index (κ1) is 11.4. The lowest BCUT2D eigenvalue weighted by molar-refractivity contribution is 0.925. The standard InChI is InChI=1S/C14H13N5/c15-14-11-4-2-7-16-12(11)5-6-13(14)17-9-10-3-1-8-18-19-10/h1-8,17H,9,15H2. The molecule has 0 saturated heterocycles. The first-order valence-corrected chi connectivity index (χ1v) is 5.98. The Balaban J connectivity index is 1.87. The number of fused-ring (bicyclic) bond motifs is 1. The van der Waals surface area contributed by atoms with Gasteiger partial charge in [-0.05, 0) is 36.4 Å². The molecular weight excluding hydrogens is 238 g/mol. The Morgan fingerprint density at radius 2 is 1.95 bits per heavy atom. The van der Waals surface area contributed by atoms with E-state index in [1.54, 1.807) is 12.4 Å². The molecule has 0 atom stereocenters. The Hall–Kier alpha value is -2.69. The minimum Gasteiger partial charge on any atom is -0.397 e. The first-order chi connectivity index (χ1) is 9.34. The van der Waals surface area contributed by atoms with E-state index < -0.39 is 0 Å². The highest BCUT2D eigenvalue weighted by Crippen LogP contribution is 2.27. The van der Waals surface area contributed by atoms with E-state index in [9.17, 15) is 0 Å². The Kier molecular flexibility index (Phi) is 2.94. The van der Waals surface area contributed by atoms with Crippen LogP contribution in [0.3, 0.4) is 0 Å². The van der Waals surface area contributed by atoms with Crippen LogP contribution in [-0.2, 0) is 6.54 Å². The predicted molar refractivity (Wildman–Crippen MR) is 75.5 cm³/mol. The van der Waals surface area contributed by atoms with E-state index in [1.165, 1.54) is 0 Å². The monoisotopic (exact) mass is 251 g/mol. The molecule has 0 spiro atoms. The van der Waals surface area contributed by atoms with Gasteiger partial charge >= 0.3 is 0 Å².